The molecule has 2 aromatic carbocycles. The molecule has 4 aromatic rings. The van der Waals surface area contributed by atoms with Gasteiger partial charge in [-0.15, -0.1) is 0 Å². The molecule has 0 amide bonds. The van der Waals surface area contributed by atoms with Gasteiger partial charge >= 0.3 is 0 Å². The second kappa shape index (κ2) is 4.21. The van der Waals surface area contributed by atoms with Crippen molar-refractivity contribution in [1.82, 2.24) is 18.3 Å². The van der Waals surface area contributed by atoms with Gasteiger partial charge in [-0.1, -0.05) is 12.1 Å². The van der Waals surface area contributed by atoms with Crippen molar-refractivity contribution in [3.63, 3.8) is 0 Å². The second-order valence-corrected chi connectivity index (χ2v) is 4.90. The van der Waals surface area contributed by atoms with Gasteiger partial charge in [0.15, 0.2) is 0 Å². The van der Waals surface area contributed by atoms with Crippen LogP contribution < -0.4 is 5.56 Å². The zero-order valence-corrected chi connectivity index (χ0v) is 11.0. The molecule has 0 aliphatic carbocycles. The molecular weight excluding hydrogens is 272 g/mol. The van der Waals surface area contributed by atoms with E-state index in [1.807, 2.05) is 36.4 Å². The van der Waals surface area contributed by atoms with E-state index in [9.17, 15) is 4.79 Å². The smallest absolute Gasteiger partial charge is 0.265 e. The van der Waals surface area contributed by atoms with E-state index in [2.05, 4.69) is 13.7 Å². The molecule has 6 heteroatoms. The number of rotatable bonds is 1. The maximum Gasteiger partial charge on any atom is 0.265 e. The number of benzene rings is 2. The van der Waals surface area contributed by atoms with E-state index in [0.717, 1.165) is 28.4 Å². The van der Waals surface area contributed by atoms with Gasteiger partial charge in [-0.2, -0.15) is 8.75 Å². The van der Waals surface area contributed by atoms with Crippen LogP contribution in [0, 0.1) is 0 Å². The van der Waals surface area contributed by atoms with Gasteiger partial charge in [0.1, 0.15) is 17.4 Å². The molecule has 2 heterocycles. The molecule has 2 aromatic heterocycles. The molecule has 5 nitrogen and oxygen atoms in total. The van der Waals surface area contributed by atoms with Gasteiger partial charge in [0.05, 0.1) is 28.3 Å². The van der Waals surface area contributed by atoms with Crippen LogP contribution in [0.5, 0.6) is 0 Å². The lowest BCUT2D eigenvalue weighted by Gasteiger charge is -2.06. The fourth-order valence-corrected chi connectivity index (χ4v) is 2.69. The van der Waals surface area contributed by atoms with Crippen molar-refractivity contribution in [2.24, 2.45) is 0 Å². The summed E-state index contributed by atoms with van der Waals surface area (Å²) in [6.45, 7) is 0. The van der Waals surface area contributed by atoms with Crippen LogP contribution in [-0.2, 0) is 0 Å². The van der Waals surface area contributed by atoms with Gasteiger partial charge in [-0.05, 0) is 30.3 Å². The van der Waals surface area contributed by atoms with Crippen LogP contribution in [0.4, 0.5) is 0 Å². The molecule has 0 unspecified atom stereocenters. The van der Waals surface area contributed by atoms with E-state index < -0.39 is 0 Å². The molecule has 0 fully saturated rings. The van der Waals surface area contributed by atoms with Crippen molar-refractivity contribution in [2.75, 3.05) is 0 Å². The Morgan fingerprint density at radius 1 is 0.950 bits per heavy atom. The first-order valence-electron chi connectivity index (χ1n) is 6.02. The van der Waals surface area contributed by atoms with Gasteiger partial charge in [0.25, 0.3) is 5.56 Å². The highest BCUT2D eigenvalue weighted by Crippen LogP contribution is 2.16. The quantitative estimate of drug-likeness (QED) is 0.537. The topological polar surface area (TPSA) is 60.7 Å². The Balaban J connectivity index is 2.01. The Morgan fingerprint density at radius 3 is 2.75 bits per heavy atom. The van der Waals surface area contributed by atoms with Gasteiger partial charge in [0, 0.05) is 0 Å². The van der Waals surface area contributed by atoms with E-state index in [0.29, 0.717) is 10.9 Å². The second-order valence-electron chi connectivity index (χ2n) is 4.37. The summed E-state index contributed by atoms with van der Waals surface area (Å²) in [5, 5.41) is 0.603. The normalized spacial score (nSPS) is 11.2. The molecule has 4 rings (SSSR count). The highest BCUT2D eigenvalue weighted by Gasteiger charge is 2.07. The number of nitrogens with zero attached hydrogens (tertiary/aromatic N) is 4. The van der Waals surface area contributed by atoms with Crippen LogP contribution in [0.2, 0.25) is 0 Å². The van der Waals surface area contributed by atoms with Crippen molar-refractivity contribution in [1.29, 1.82) is 0 Å². The van der Waals surface area contributed by atoms with Crippen molar-refractivity contribution in [3.05, 3.63) is 59.1 Å². The number of hydrogen-bond donors (Lipinski definition) is 0. The summed E-state index contributed by atoms with van der Waals surface area (Å²) in [4.78, 5) is 16.8. The van der Waals surface area contributed by atoms with E-state index in [1.54, 1.807) is 12.4 Å². The Labute approximate surface area is 117 Å². The summed E-state index contributed by atoms with van der Waals surface area (Å²) >= 11 is 1.16. The minimum Gasteiger partial charge on any atom is -0.268 e. The van der Waals surface area contributed by atoms with Gasteiger partial charge < -0.3 is 0 Å². The van der Waals surface area contributed by atoms with Crippen LogP contribution in [0.15, 0.2) is 53.6 Å². The lowest BCUT2D eigenvalue weighted by Crippen LogP contribution is -2.18. The molecule has 0 saturated heterocycles. The number of fused-ring (bicyclic) bond motifs is 2. The van der Waals surface area contributed by atoms with Crippen LogP contribution >= 0.6 is 11.7 Å². The third-order valence-corrected chi connectivity index (χ3v) is 3.74. The summed E-state index contributed by atoms with van der Waals surface area (Å²) < 4.78 is 9.87. The van der Waals surface area contributed by atoms with Crippen LogP contribution in [0.25, 0.3) is 27.6 Å². The average Bonchev–Trinajstić information content (AvgIpc) is 2.95. The molecule has 0 radical (unpaired) electrons. The van der Waals surface area contributed by atoms with Crippen LogP contribution in [0.1, 0.15) is 0 Å². The van der Waals surface area contributed by atoms with E-state index in [-0.39, 0.29) is 5.56 Å². The molecule has 0 aliphatic heterocycles. The zero-order chi connectivity index (χ0) is 13.5. The van der Waals surface area contributed by atoms with Crippen LogP contribution in [-0.4, -0.2) is 18.3 Å². The van der Waals surface area contributed by atoms with Crippen molar-refractivity contribution >= 4 is 33.7 Å². The third kappa shape index (κ3) is 1.62. The summed E-state index contributed by atoms with van der Waals surface area (Å²) in [7, 11) is 0. The first-order valence-corrected chi connectivity index (χ1v) is 6.75. The predicted molar refractivity (Wildman–Crippen MR) is 78.3 cm³/mol. The lowest BCUT2D eigenvalue weighted by molar-refractivity contribution is 0.965. The summed E-state index contributed by atoms with van der Waals surface area (Å²) in [5.41, 5.74) is 2.98. The predicted octanol–water partition coefficient (Wildman–Crippen LogP) is 2.39. The summed E-state index contributed by atoms with van der Waals surface area (Å²) in [6.07, 6.45) is 1.55. The Kier molecular flexibility index (Phi) is 2.37. The fraction of sp³-hybridized carbons (Fsp3) is 0. The maximum absolute atomic E-state index is 12.5. The van der Waals surface area contributed by atoms with E-state index >= 15 is 0 Å². The van der Waals surface area contributed by atoms with E-state index in [1.165, 1.54) is 4.57 Å². The minimum absolute atomic E-state index is 0.0851. The Bertz CT molecular complexity index is 989. The van der Waals surface area contributed by atoms with Gasteiger partial charge in [0.2, 0.25) is 0 Å². The van der Waals surface area contributed by atoms with Gasteiger partial charge in [-0.3, -0.25) is 9.36 Å². The molecule has 0 saturated carbocycles. The first kappa shape index (κ1) is 11.2. The highest BCUT2D eigenvalue weighted by atomic mass is 32.1. The largest absolute Gasteiger partial charge is 0.268 e. The molecule has 0 aliphatic rings. The van der Waals surface area contributed by atoms with Crippen molar-refractivity contribution in [3.8, 4) is 5.69 Å². The Morgan fingerprint density at radius 2 is 1.80 bits per heavy atom. The number of aromatic nitrogens is 4. The molecule has 0 atom stereocenters. The molecule has 96 valence electrons. The fourth-order valence-electron chi connectivity index (χ4n) is 2.17. The standard InChI is InChI=1S/C14H8N4OS/c19-14-10-3-1-2-4-11(10)15-8-18(14)9-5-6-12-13(7-9)17-20-16-12/h1-8H. The van der Waals surface area contributed by atoms with Crippen molar-refractivity contribution < 1.29 is 0 Å². The highest BCUT2D eigenvalue weighted by molar-refractivity contribution is 7.00. The molecule has 0 spiro atoms. The maximum atomic E-state index is 12.5. The summed E-state index contributed by atoms with van der Waals surface area (Å²) in [6, 6.07) is 12.9. The molecule has 0 bridgehead atoms. The molecule has 0 N–H and O–H groups in total. The Hall–Kier alpha value is -2.60. The van der Waals surface area contributed by atoms with Gasteiger partial charge in [-0.25, -0.2) is 4.98 Å². The average molecular weight is 280 g/mol. The van der Waals surface area contributed by atoms with Crippen molar-refractivity contribution in [2.45, 2.75) is 0 Å². The number of para-hydroxylation sites is 1. The third-order valence-electron chi connectivity index (χ3n) is 3.18. The SMILES string of the molecule is O=c1c2ccccc2ncn1-c1ccc2nsnc2c1. The summed E-state index contributed by atoms with van der Waals surface area (Å²) in [5.74, 6) is 0. The zero-order valence-electron chi connectivity index (χ0n) is 10.2. The minimum atomic E-state index is -0.0851. The lowest BCUT2D eigenvalue weighted by atomic mass is 10.2. The molecular formula is C14H8N4OS. The first-order chi connectivity index (χ1) is 9.83. The number of hydrogen-bond acceptors (Lipinski definition) is 5. The molecule has 20 heavy (non-hydrogen) atoms. The van der Waals surface area contributed by atoms with Crippen LogP contribution in [0.3, 0.4) is 0 Å². The van der Waals surface area contributed by atoms with E-state index in [4.69, 9.17) is 0 Å². The monoisotopic (exact) mass is 280 g/mol.